The summed E-state index contributed by atoms with van der Waals surface area (Å²) in [6.07, 6.45) is 7.42. The first-order valence-electron chi connectivity index (χ1n) is 18.2. The lowest BCUT2D eigenvalue weighted by Crippen LogP contribution is -2.76. The highest BCUT2D eigenvalue weighted by molar-refractivity contribution is 7.14. The predicted molar refractivity (Wildman–Crippen MR) is 200 cm³/mol. The average Bonchev–Trinajstić information content (AvgIpc) is 2.90. The van der Waals surface area contributed by atoms with Gasteiger partial charge in [-0.1, -0.05) is 101 Å². The SMILES string of the molecule is CC(C)c1ccc([Si]2(C)C=C(c3ccccc3)C2(C2C3CC4CC(C3)CC2C4)[Si](C)(C)O[Si](C)(C)C)c(C(C)C)c1C(C)C. The molecule has 4 saturated carbocycles. The van der Waals surface area contributed by atoms with Gasteiger partial charge in [0.1, 0.15) is 8.07 Å². The van der Waals surface area contributed by atoms with Crippen molar-refractivity contribution in [3.8, 4) is 0 Å². The predicted octanol–water partition coefficient (Wildman–Crippen LogP) is 11.4. The van der Waals surface area contributed by atoms with Crippen LogP contribution in [-0.4, -0.2) is 24.7 Å². The van der Waals surface area contributed by atoms with Gasteiger partial charge in [0, 0.05) is 4.66 Å². The van der Waals surface area contributed by atoms with Crippen molar-refractivity contribution in [2.75, 3.05) is 0 Å². The monoisotopic (exact) mass is 642 g/mol. The van der Waals surface area contributed by atoms with Gasteiger partial charge in [-0.25, -0.2) is 0 Å². The molecule has 2 atom stereocenters. The van der Waals surface area contributed by atoms with E-state index in [0.29, 0.717) is 17.8 Å². The first-order valence-corrected chi connectivity index (χ1v) is 27.1. The molecule has 0 radical (unpaired) electrons. The molecule has 0 spiro atoms. The van der Waals surface area contributed by atoms with E-state index in [4.69, 9.17) is 4.12 Å². The van der Waals surface area contributed by atoms with Gasteiger partial charge in [-0.3, -0.25) is 0 Å². The Labute approximate surface area is 273 Å². The molecule has 1 aliphatic heterocycles. The molecule has 4 heteroatoms. The molecule has 1 heterocycles. The molecule has 1 nitrogen and oxygen atoms in total. The summed E-state index contributed by atoms with van der Waals surface area (Å²) < 4.78 is 7.94. The summed E-state index contributed by atoms with van der Waals surface area (Å²) in [4.78, 5) is 0. The van der Waals surface area contributed by atoms with E-state index in [9.17, 15) is 0 Å². The molecule has 44 heavy (non-hydrogen) atoms. The fraction of sp³-hybridized carbons (Fsp3) is 0.650. The Morgan fingerprint density at radius 2 is 1.25 bits per heavy atom. The Morgan fingerprint density at radius 1 is 0.705 bits per heavy atom. The Kier molecular flexibility index (Phi) is 8.33. The lowest BCUT2D eigenvalue weighted by molar-refractivity contribution is -0.0424. The minimum absolute atomic E-state index is 0.168. The maximum atomic E-state index is 7.77. The highest BCUT2D eigenvalue weighted by atomic mass is 28.4. The van der Waals surface area contributed by atoms with E-state index in [1.165, 1.54) is 37.7 Å². The highest BCUT2D eigenvalue weighted by Crippen LogP contribution is 2.75. The van der Waals surface area contributed by atoms with Crippen LogP contribution in [0.2, 0.25) is 43.9 Å². The van der Waals surface area contributed by atoms with Gasteiger partial charge in [0.2, 0.25) is 0 Å². The van der Waals surface area contributed by atoms with Crippen LogP contribution in [0.25, 0.3) is 5.57 Å². The lowest BCUT2D eigenvalue weighted by atomic mass is 9.50. The normalized spacial score (nSPS) is 33.3. The Morgan fingerprint density at radius 3 is 1.73 bits per heavy atom. The van der Waals surface area contributed by atoms with Crippen LogP contribution in [0, 0.1) is 29.6 Å². The van der Waals surface area contributed by atoms with E-state index in [0.717, 1.165) is 29.6 Å². The van der Waals surface area contributed by atoms with E-state index in [2.05, 4.69) is 129 Å². The molecule has 4 fully saturated rings. The summed E-state index contributed by atoms with van der Waals surface area (Å²) >= 11 is 0. The molecular formula is C40H62OSi3. The highest BCUT2D eigenvalue weighted by Gasteiger charge is 2.74. The first-order chi connectivity index (χ1) is 20.5. The average molecular weight is 643 g/mol. The first kappa shape index (κ1) is 32.7. The van der Waals surface area contributed by atoms with E-state index in [-0.39, 0.29) is 4.66 Å². The van der Waals surface area contributed by atoms with Gasteiger partial charge in [-0.15, -0.1) is 0 Å². The molecule has 4 aliphatic carbocycles. The van der Waals surface area contributed by atoms with Crippen LogP contribution in [0.5, 0.6) is 0 Å². The molecule has 5 aliphatic rings. The standard InChI is InChI=1S/C40H62OSi3/c1-26(2)34-18-19-36(38(28(5)6)37(34)27(3)4)44(12)25-35(31-16-14-13-15-17-31)40(44,43(10,11)41-42(7,8)9)39-32-21-29-20-30(23-32)24-33(39)22-29/h13-19,25-30,32-33,39H,20-24H2,1-12H3. The molecule has 2 aromatic rings. The Balaban J connectivity index is 1.70. The van der Waals surface area contributed by atoms with Gasteiger partial charge in [-0.05, 0) is 140 Å². The minimum atomic E-state index is -2.31. The number of benzene rings is 2. The second-order valence-electron chi connectivity index (χ2n) is 18.1. The van der Waals surface area contributed by atoms with Crippen LogP contribution in [0.1, 0.15) is 114 Å². The van der Waals surface area contributed by atoms with Crippen LogP contribution in [0.3, 0.4) is 0 Å². The van der Waals surface area contributed by atoms with Crippen molar-refractivity contribution in [2.24, 2.45) is 29.6 Å². The number of rotatable bonds is 9. The smallest absolute Gasteiger partial charge is 0.182 e. The zero-order chi connectivity index (χ0) is 32.0. The van der Waals surface area contributed by atoms with Crippen molar-refractivity contribution in [3.05, 3.63) is 70.4 Å². The maximum absolute atomic E-state index is 7.77. The summed E-state index contributed by atoms with van der Waals surface area (Å²) in [5.41, 5.74) is 11.0. The third-order valence-corrected chi connectivity index (χ3v) is 27.7. The largest absolute Gasteiger partial charge is 0.455 e. The van der Waals surface area contributed by atoms with Crippen molar-refractivity contribution in [3.63, 3.8) is 0 Å². The maximum Gasteiger partial charge on any atom is 0.182 e. The fourth-order valence-electron chi connectivity index (χ4n) is 12.2. The molecule has 240 valence electrons. The van der Waals surface area contributed by atoms with E-state index in [1.54, 1.807) is 27.5 Å². The molecule has 4 bridgehead atoms. The van der Waals surface area contributed by atoms with Gasteiger partial charge < -0.3 is 4.12 Å². The van der Waals surface area contributed by atoms with Crippen molar-refractivity contribution < 1.29 is 4.12 Å². The fourth-order valence-corrected chi connectivity index (χ4v) is 32.2. The van der Waals surface area contributed by atoms with Gasteiger partial charge in [0.05, 0.1) is 0 Å². The van der Waals surface area contributed by atoms with Crippen LogP contribution >= 0.6 is 0 Å². The van der Waals surface area contributed by atoms with Gasteiger partial charge >= 0.3 is 0 Å². The van der Waals surface area contributed by atoms with E-state index in [1.807, 2.05) is 0 Å². The zero-order valence-corrected chi connectivity index (χ0v) is 33.2. The summed E-state index contributed by atoms with van der Waals surface area (Å²) in [6, 6.07) is 16.9. The molecule has 0 N–H and O–H groups in total. The molecule has 0 amide bonds. The molecule has 2 aromatic carbocycles. The van der Waals surface area contributed by atoms with E-state index < -0.39 is 24.7 Å². The van der Waals surface area contributed by atoms with Crippen LogP contribution in [-0.2, 0) is 4.12 Å². The van der Waals surface area contributed by atoms with E-state index >= 15 is 0 Å². The Bertz CT molecular complexity index is 1390. The molecule has 0 saturated heterocycles. The van der Waals surface area contributed by atoms with Gasteiger partial charge in [-0.2, -0.15) is 0 Å². The summed E-state index contributed by atoms with van der Waals surface area (Å²) in [6.45, 7) is 30.3. The third-order valence-electron chi connectivity index (χ3n) is 12.7. The molecule has 7 rings (SSSR count). The van der Waals surface area contributed by atoms with Crippen molar-refractivity contribution in [2.45, 2.75) is 135 Å². The van der Waals surface area contributed by atoms with Gasteiger partial charge in [0.15, 0.2) is 16.6 Å². The van der Waals surface area contributed by atoms with Crippen molar-refractivity contribution >= 4 is 35.5 Å². The Hall–Kier alpha value is -1.21. The van der Waals surface area contributed by atoms with Crippen molar-refractivity contribution in [1.82, 2.24) is 0 Å². The quantitative estimate of drug-likeness (QED) is 0.247. The summed E-state index contributed by atoms with van der Waals surface area (Å²) in [7, 11) is -6.37. The molecule has 2 unspecified atom stereocenters. The van der Waals surface area contributed by atoms with Crippen LogP contribution in [0.4, 0.5) is 0 Å². The number of allylic oxidation sites excluding steroid dienone is 1. The molecular weight excluding hydrogens is 581 g/mol. The minimum Gasteiger partial charge on any atom is -0.455 e. The van der Waals surface area contributed by atoms with Crippen LogP contribution in [0.15, 0.2) is 48.2 Å². The second-order valence-corrected chi connectivity index (χ2v) is 31.5. The summed E-state index contributed by atoms with van der Waals surface area (Å²) in [5, 5.41) is 1.76. The zero-order valence-electron chi connectivity index (χ0n) is 30.2. The lowest BCUT2D eigenvalue weighted by Gasteiger charge is -2.71. The van der Waals surface area contributed by atoms with Crippen molar-refractivity contribution in [1.29, 1.82) is 0 Å². The van der Waals surface area contributed by atoms with Crippen LogP contribution < -0.4 is 5.19 Å². The topological polar surface area (TPSA) is 9.23 Å². The summed E-state index contributed by atoms with van der Waals surface area (Å²) in [5.74, 6) is 6.04. The number of hydrogen-bond donors (Lipinski definition) is 0. The van der Waals surface area contributed by atoms with Gasteiger partial charge in [0.25, 0.3) is 0 Å². The number of hydrogen-bond acceptors (Lipinski definition) is 1. The molecule has 0 aromatic heterocycles. The third kappa shape index (κ3) is 4.90. The second kappa shape index (κ2) is 11.2.